The summed E-state index contributed by atoms with van der Waals surface area (Å²) in [5, 5.41) is 0. The summed E-state index contributed by atoms with van der Waals surface area (Å²) in [6, 6.07) is 0. The summed E-state index contributed by atoms with van der Waals surface area (Å²) in [7, 11) is 1.97. The number of thioether (sulfide) groups is 1. The molecule has 2 fully saturated rings. The number of carbonyl (C=O) groups is 1. The average Bonchev–Trinajstić information content (AvgIpc) is 2.28. The maximum Gasteiger partial charge on any atom is 0.222 e. The molecule has 1 saturated carbocycles. The van der Waals surface area contributed by atoms with E-state index in [2.05, 4.69) is 15.9 Å². The van der Waals surface area contributed by atoms with E-state index in [1.165, 1.54) is 37.2 Å². The van der Waals surface area contributed by atoms with Crippen molar-refractivity contribution in [2.24, 2.45) is 11.8 Å². The molecule has 4 heteroatoms. The summed E-state index contributed by atoms with van der Waals surface area (Å²) in [6.45, 7) is 0.961. The Balaban J connectivity index is 1.67. The summed E-state index contributed by atoms with van der Waals surface area (Å²) in [6.07, 6.45) is 5.71. The fourth-order valence-corrected chi connectivity index (χ4v) is 4.91. The van der Waals surface area contributed by atoms with Gasteiger partial charge in [-0.05, 0) is 49.0 Å². The first-order valence-corrected chi connectivity index (χ1v) is 8.68. The molecule has 0 atom stereocenters. The van der Waals surface area contributed by atoms with E-state index in [4.69, 9.17) is 0 Å². The number of nitrogens with zero attached hydrogens (tertiary/aromatic N) is 1. The molecule has 1 aliphatic heterocycles. The summed E-state index contributed by atoms with van der Waals surface area (Å²) in [5.74, 6) is 4.23. The van der Waals surface area contributed by atoms with Gasteiger partial charge in [0, 0.05) is 24.8 Å². The van der Waals surface area contributed by atoms with E-state index >= 15 is 0 Å². The van der Waals surface area contributed by atoms with Crippen LogP contribution < -0.4 is 0 Å². The van der Waals surface area contributed by atoms with Crippen molar-refractivity contribution in [2.75, 3.05) is 25.1 Å². The van der Waals surface area contributed by atoms with Gasteiger partial charge in [-0.1, -0.05) is 15.9 Å². The fourth-order valence-electron chi connectivity index (χ4n) is 2.65. The van der Waals surface area contributed by atoms with Crippen molar-refractivity contribution in [2.45, 2.75) is 36.9 Å². The van der Waals surface area contributed by atoms with Gasteiger partial charge >= 0.3 is 0 Å². The topological polar surface area (TPSA) is 20.3 Å². The van der Waals surface area contributed by atoms with Crippen molar-refractivity contribution < 1.29 is 4.79 Å². The highest BCUT2D eigenvalue weighted by Crippen LogP contribution is 2.34. The zero-order valence-corrected chi connectivity index (χ0v) is 12.9. The number of carbonyl (C=O) groups excluding carboxylic acids is 1. The largest absolute Gasteiger partial charge is 0.345 e. The molecule has 1 aliphatic carbocycles. The van der Waals surface area contributed by atoms with Crippen LogP contribution in [0.25, 0.3) is 0 Å². The van der Waals surface area contributed by atoms with Gasteiger partial charge in [-0.25, -0.2) is 0 Å². The molecule has 0 radical (unpaired) electrons. The molecular formula is C13H22BrNOS. The Morgan fingerprint density at radius 1 is 1.29 bits per heavy atom. The van der Waals surface area contributed by atoms with Crippen molar-refractivity contribution >= 4 is 33.6 Å². The van der Waals surface area contributed by atoms with Crippen LogP contribution >= 0.6 is 27.7 Å². The summed E-state index contributed by atoms with van der Waals surface area (Å²) < 4.78 is 0. The zero-order chi connectivity index (χ0) is 12.3. The third kappa shape index (κ3) is 4.16. The lowest BCUT2D eigenvalue weighted by Gasteiger charge is -2.35. The molecule has 0 unspecified atom stereocenters. The Bertz CT molecular complexity index is 262. The van der Waals surface area contributed by atoms with Crippen molar-refractivity contribution in [3.05, 3.63) is 0 Å². The SMILES string of the molecule is CN(CC1CC(Br)C1)C(=O)CC1CCSCC1. The summed E-state index contributed by atoms with van der Waals surface area (Å²) in [5.41, 5.74) is 0. The summed E-state index contributed by atoms with van der Waals surface area (Å²) in [4.78, 5) is 14.7. The van der Waals surface area contributed by atoms with E-state index in [1.54, 1.807) is 0 Å². The van der Waals surface area contributed by atoms with E-state index < -0.39 is 0 Å². The Morgan fingerprint density at radius 2 is 1.94 bits per heavy atom. The van der Waals surface area contributed by atoms with E-state index in [1.807, 2.05) is 23.7 Å². The fraction of sp³-hybridized carbons (Fsp3) is 0.923. The molecule has 0 aromatic rings. The number of hydrogen-bond acceptors (Lipinski definition) is 2. The molecule has 2 rings (SSSR count). The maximum absolute atomic E-state index is 12.1. The van der Waals surface area contributed by atoms with Gasteiger partial charge in [0.25, 0.3) is 0 Å². The zero-order valence-electron chi connectivity index (χ0n) is 10.5. The minimum atomic E-state index is 0.361. The normalized spacial score (nSPS) is 29.8. The number of amides is 1. The van der Waals surface area contributed by atoms with Crippen molar-refractivity contribution in [3.8, 4) is 0 Å². The van der Waals surface area contributed by atoms with Crippen LogP contribution in [0.3, 0.4) is 0 Å². The van der Waals surface area contributed by atoms with Crippen LogP contribution in [0.5, 0.6) is 0 Å². The van der Waals surface area contributed by atoms with Crippen LogP contribution in [0.4, 0.5) is 0 Å². The number of alkyl halides is 1. The molecule has 0 N–H and O–H groups in total. The second kappa shape index (κ2) is 6.46. The first kappa shape index (κ1) is 13.7. The first-order chi connectivity index (χ1) is 8.15. The average molecular weight is 320 g/mol. The highest BCUT2D eigenvalue weighted by Gasteiger charge is 2.29. The third-order valence-electron chi connectivity index (χ3n) is 3.94. The smallest absolute Gasteiger partial charge is 0.222 e. The van der Waals surface area contributed by atoms with Crippen LogP contribution in [-0.2, 0) is 4.79 Å². The molecule has 1 amide bonds. The number of hydrogen-bond donors (Lipinski definition) is 0. The van der Waals surface area contributed by atoms with Gasteiger partial charge in [-0.2, -0.15) is 11.8 Å². The van der Waals surface area contributed by atoms with Gasteiger partial charge < -0.3 is 4.90 Å². The van der Waals surface area contributed by atoms with Crippen LogP contribution in [0.15, 0.2) is 0 Å². The van der Waals surface area contributed by atoms with Gasteiger partial charge in [0.05, 0.1) is 0 Å². The predicted molar refractivity (Wildman–Crippen MR) is 77.7 cm³/mol. The second-order valence-electron chi connectivity index (χ2n) is 5.47. The van der Waals surface area contributed by atoms with Crippen molar-refractivity contribution in [1.29, 1.82) is 0 Å². The van der Waals surface area contributed by atoms with Crippen LogP contribution in [0.1, 0.15) is 32.1 Å². The molecule has 2 nitrogen and oxygen atoms in total. The maximum atomic E-state index is 12.1. The lowest BCUT2D eigenvalue weighted by atomic mass is 9.85. The van der Waals surface area contributed by atoms with Gasteiger partial charge in [-0.3, -0.25) is 4.79 Å². The lowest BCUT2D eigenvalue weighted by molar-refractivity contribution is -0.131. The molecule has 98 valence electrons. The Labute approximate surface area is 117 Å². The van der Waals surface area contributed by atoms with Crippen LogP contribution in [0.2, 0.25) is 0 Å². The third-order valence-corrected chi connectivity index (χ3v) is 5.74. The number of halogens is 1. The van der Waals surface area contributed by atoms with Gasteiger partial charge in [0.2, 0.25) is 5.91 Å². The first-order valence-electron chi connectivity index (χ1n) is 6.61. The molecule has 1 saturated heterocycles. The summed E-state index contributed by atoms with van der Waals surface area (Å²) >= 11 is 5.63. The Kier molecular flexibility index (Phi) is 5.22. The highest BCUT2D eigenvalue weighted by atomic mass is 79.9. The van der Waals surface area contributed by atoms with E-state index in [-0.39, 0.29) is 0 Å². The molecule has 17 heavy (non-hydrogen) atoms. The van der Waals surface area contributed by atoms with E-state index in [0.29, 0.717) is 16.7 Å². The van der Waals surface area contributed by atoms with Crippen LogP contribution in [0, 0.1) is 11.8 Å². The standard InChI is InChI=1S/C13H22BrNOS/c1-15(9-11-6-12(14)7-11)13(16)8-10-2-4-17-5-3-10/h10-12H,2-9H2,1H3. The van der Waals surface area contributed by atoms with Gasteiger partial charge in [0.1, 0.15) is 0 Å². The molecule has 0 aromatic carbocycles. The van der Waals surface area contributed by atoms with E-state index in [0.717, 1.165) is 18.9 Å². The van der Waals surface area contributed by atoms with Crippen LogP contribution in [-0.4, -0.2) is 40.7 Å². The van der Waals surface area contributed by atoms with E-state index in [9.17, 15) is 4.79 Å². The minimum absolute atomic E-state index is 0.361. The molecular weight excluding hydrogens is 298 g/mol. The molecule has 0 spiro atoms. The van der Waals surface area contributed by atoms with Crippen molar-refractivity contribution in [1.82, 2.24) is 4.90 Å². The quantitative estimate of drug-likeness (QED) is 0.742. The van der Waals surface area contributed by atoms with Gasteiger partial charge in [-0.15, -0.1) is 0 Å². The molecule has 2 aliphatic rings. The molecule has 0 bridgehead atoms. The Hall–Kier alpha value is 0.300. The van der Waals surface area contributed by atoms with Crippen molar-refractivity contribution in [3.63, 3.8) is 0 Å². The lowest BCUT2D eigenvalue weighted by Crippen LogP contribution is -2.38. The molecule has 0 aromatic heterocycles. The predicted octanol–water partition coefficient (Wildman–Crippen LogP) is 3.15. The second-order valence-corrected chi connectivity index (χ2v) is 7.99. The molecule has 1 heterocycles. The minimum Gasteiger partial charge on any atom is -0.345 e. The number of rotatable bonds is 4. The highest BCUT2D eigenvalue weighted by molar-refractivity contribution is 9.09. The monoisotopic (exact) mass is 319 g/mol. The Morgan fingerprint density at radius 3 is 2.53 bits per heavy atom. The van der Waals surface area contributed by atoms with Gasteiger partial charge in [0.15, 0.2) is 0 Å².